The minimum Gasteiger partial charge on any atom is -0.493 e. The molecule has 0 aliphatic carbocycles. The van der Waals surface area contributed by atoms with Gasteiger partial charge in [0.25, 0.3) is 0 Å². The molecule has 2 aromatic carbocycles. The molecule has 0 bridgehead atoms. The molecule has 0 spiro atoms. The SMILES string of the molecule is COc1cccc(CNC(=O)/C=C/c2ccccc2)c1OC. The van der Waals surface area contributed by atoms with Gasteiger partial charge in [0.05, 0.1) is 14.2 Å². The summed E-state index contributed by atoms with van der Waals surface area (Å²) in [4.78, 5) is 11.9. The number of nitrogens with one attached hydrogen (secondary N) is 1. The molecule has 0 unspecified atom stereocenters. The Hall–Kier alpha value is -2.75. The van der Waals surface area contributed by atoms with Gasteiger partial charge in [0, 0.05) is 18.2 Å². The molecule has 0 heterocycles. The Bertz CT molecular complexity index is 651. The van der Waals surface area contributed by atoms with Crippen LogP contribution in [0.25, 0.3) is 6.08 Å². The highest BCUT2D eigenvalue weighted by atomic mass is 16.5. The van der Waals surface area contributed by atoms with E-state index in [-0.39, 0.29) is 5.91 Å². The number of carbonyl (C=O) groups is 1. The Labute approximate surface area is 130 Å². The number of amides is 1. The van der Waals surface area contributed by atoms with E-state index in [0.29, 0.717) is 18.0 Å². The first-order valence-electron chi connectivity index (χ1n) is 6.95. The van der Waals surface area contributed by atoms with Gasteiger partial charge in [-0.05, 0) is 17.7 Å². The Morgan fingerprint density at radius 1 is 1.05 bits per heavy atom. The van der Waals surface area contributed by atoms with Crippen molar-refractivity contribution in [2.24, 2.45) is 0 Å². The summed E-state index contributed by atoms with van der Waals surface area (Å²) in [6.45, 7) is 0.373. The summed E-state index contributed by atoms with van der Waals surface area (Å²) in [5, 5.41) is 2.83. The van der Waals surface area contributed by atoms with Gasteiger partial charge >= 0.3 is 0 Å². The molecule has 0 radical (unpaired) electrons. The Morgan fingerprint density at radius 3 is 2.50 bits per heavy atom. The fourth-order valence-electron chi connectivity index (χ4n) is 2.07. The van der Waals surface area contributed by atoms with Gasteiger partial charge in [0.2, 0.25) is 5.91 Å². The van der Waals surface area contributed by atoms with E-state index in [4.69, 9.17) is 9.47 Å². The van der Waals surface area contributed by atoms with Crippen molar-refractivity contribution in [1.82, 2.24) is 5.32 Å². The molecule has 4 nitrogen and oxygen atoms in total. The van der Waals surface area contributed by atoms with Crippen molar-refractivity contribution < 1.29 is 14.3 Å². The molecule has 1 N–H and O–H groups in total. The van der Waals surface area contributed by atoms with Crippen LogP contribution in [0.1, 0.15) is 11.1 Å². The molecule has 0 fully saturated rings. The van der Waals surface area contributed by atoms with E-state index < -0.39 is 0 Å². The Balaban J connectivity index is 1.98. The zero-order valence-electron chi connectivity index (χ0n) is 12.7. The second kappa shape index (κ2) is 7.88. The molecule has 22 heavy (non-hydrogen) atoms. The number of para-hydroxylation sites is 1. The van der Waals surface area contributed by atoms with Gasteiger partial charge in [-0.2, -0.15) is 0 Å². The molecule has 2 rings (SSSR count). The first-order chi connectivity index (χ1) is 10.7. The fourth-order valence-corrected chi connectivity index (χ4v) is 2.07. The maximum Gasteiger partial charge on any atom is 0.244 e. The molecule has 0 saturated heterocycles. The molecule has 0 saturated carbocycles. The van der Waals surface area contributed by atoms with E-state index in [0.717, 1.165) is 11.1 Å². The summed E-state index contributed by atoms with van der Waals surface area (Å²) in [7, 11) is 3.17. The highest BCUT2D eigenvalue weighted by Gasteiger charge is 2.09. The molecule has 0 aromatic heterocycles. The lowest BCUT2D eigenvalue weighted by Gasteiger charge is -2.12. The number of hydrogen-bond acceptors (Lipinski definition) is 3. The number of rotatable bonds is 6. The molecule has 0 aliphatic rings. The summed E-state index contributed by atoms with van der Waals surface area (Å²) < 4.78 is 10.6. The van der Waals surface area contributed by atoms with E-state index >= 15 is 0 Å². The van der Waals surface area contributed by atoms with Gasteiger partial charge in [-0.3, -0.25) is 4.79 Å². The Morgan fingerprint density at radius 2 is 1.82 bits per heavy atom. The van der Waals surface area contributed by atoms with Crippen LogP contribution >= 0.6 is 0 Å². The summed E-state index contributed by atoms with van der Waals surface area (Å²) in [6.07, 6.45) is 3.29. The fraction of sp³-hybridized carbons (Fsp3) is 0.167. The normalized spacial score (nSPS) is 10.5. The van der Waals surface area contributed by atoms with Crippen molar-refractivity contribution in [3.63, 3.8) is 0 Å². The van der Waals surface area contributed by atoms with Crippen LogP contribution in [0.2, 0.25) is 0 Å². The quantitative estimate of drug-likeness (QED) is 0.834. The van der Waals surface area contributed by atoms with Crippen molar-refractivity contribution in [3.05, 3.63) is 65.7 Å². The van der Waals surface area contributed by atoms with E-state index in [2.05, 4.69) is 5.32 Å². The minimum absolute atomic E-state index is 0.159. The largest absolute Gasteiger partial charge is 0.493 e. The maximum atomic E-state index is 11.9. The second-order valence-electron chi connectivity index (χ2n) is 4.61. The van der Waals surface area contributed by atoms with E-state index in [1.54, 1.807) is 20.3 Å². The van der Waals surface area contributed by atoms with Gasteiger partial charge in [0.1, 0.15) is 0 Å². The van der Waals surface area contributed by atoms with Gasteiger partial charge in [-0.1, -0.05) is 42.5 Å². The average Bonchev–Trinajstić information content (AvgIpc) is 2.58. The van der Waals surface area contributed by atoms with Crippen LogP contribution < -0.4 is 14.8 Å². The second-order valence-corrected chi connectivity index (χ2v) is 4.61. The van der Waals surface area contributed by atoms with Crippen molar-refractivity contribution in [2.75, 3.05) is 14.2 Å². The molecular weight excluding hydrogens is 278 g/mol. The lowest BCUT2D eigenvalue weighted by atomic mass is 10.2. The van der Waals surface area contributed by atoms with Crippen LogP contribution in [0.15, 0.2) is 54.6 Å². The Kier molecular flexibility index (Phi) is 5.60. The van der Waals surface area contributed by atoms with E-state index in [1.165, 1.54) is 6.08 Å². The van der Waals surface area contributed by atoms with Crippen LogP contribution in [0.5, 0.6) is 11.5 Å². The highest BCUT2D eigenvalue weighted by molar-refractivity contribution is 5.91. The molecule has 2 aromatic rings. The van der Waals surface area contributed by atoms with E-state index in [9.17, 15) is 4.79 Å². The van der Waals surface area contributed by atoms with Gasteiger partial charge in [0.15, 0.2) is 11.5 Å². The van der Waals surface area contributed by atoms with Crippen molar-refractivity contribution in [1.29, 1.82) is 0 Å². The standard InChI is InChI=1S/C18H19NO3/c1-21-16-10-6-9-15(18(16)22-2)13-19-17(20)12-11-14-7-4-3-5-8-14/h3-12H,13H2,1-2H3,(H,19,20)/b12-11+. The topological polar surface area (TPSA) is 47.6 Å². The van der Waals surface area contributed by atoms with Crippen LogP contribution in [-0.2, 0) is 11.3 Å². The molecule has 114 valence electrons. The minimum atomic E-state index is -0.159. The van der Waals surface area contributed by atoms with Gasteiger partial charge in [-0.15, -0.1) is 0 Å². The third-order valence-corrected chi connectivity index (χ3v) is 3.16. The average molecular weight is 297 g/mol. The smallest absolute Gasteiger partial charge is 0.244 e. The zero-order chi connectivity index (χ0) is 15.8. The van der Waals surface area contributed by atoms with Gasteiger partial charge < -0.3 is 14.8 Å². The molecule has 0 aliphatic heterocycles. The number of methoxy groups -OCH3 is 2. The van der Waals surface area contributed by atoms with Crippen LogP contribution in [0.3, 0.4) is 0 Å². The predicted octanol–water partition coefficient (Wildman–Crippen LogP) is 3.03. The molecule has 4 heteroatoms. The summed E-state index contributed by atoms with van der Waals surface area (Å²) in [6, 6.07) is 15.2. The van der Waals surface area contributed by atoms with E-state index in [1.807, 2.05) is 48.5 Å². The highest BCUT2D eigenvalue weighted by Crippen LogP contribution is 2.30. The number of benzene rings is 2. The molecule has 1 amide bonds. The number of ether oxygens (including phenoxy) is 2. The molecular formula is C18H19NO3. The van der Waals surface area contributed by atoms with Crippen LogP contribution in [0, 0.1) is 0 Å². The summed E-state index contributed by atoms with van der Waals surface area (Å²) in [5.74, 6) is 1.13. The number of hydrogen-bond donors (Lipinski definition) is 1. The van der Waals surface area contributed by atoms with Crippen LogP contribution in [-0.4, -0.2) is 20.1 Å². The number of carbonyl (C=O) groups excluding carboxylic acids is 1. The third-order valence-electron chi connectivity index (χ3n) is 3.16. The lowest BCUT2D eigenvalue weighted by Crippen LogP contribution is -2.20. The maximum absolute atomic E-state index is 11.9. The summed E-state index contributed by atoms with van der Waals surface area (Å²) >= 11 is 0. The van der Waals surface area contributed by atoms with Crippen molar-refractivity contribution in [2.45, 2.75) is 6.54 Å². The third kappa shape index (κ3) is 4.12. The first kappa shape index (κ1) is 15.6. The zero-order valence-corrected chi connectivity index (χ0v) is 12.7. The monoisotopic (exact) mass is 297 g/mol. The first-order valence-corrected chi connectivity index (χ1v) is 6.95. The van der Waals surface area contributed by atoms with Crippen molar-refractivity contribution >= 4 is 12.0 Å². The lowest BCUT2D eigenvalue weighted by molar-refractivity contribution is -0.116. The predicted molar refractivity (Wildman–Crippen MR) is 86.9 cm³/mol. The van der Waals surface area contributed by atoms with Crippen LogP contribution in [0.4, 0.5) is 0 Å². The summed E-state index contributed by atoms with van der Waals surface area (Å²) in [5.41, 5.74) is 1.85. The van der Waals surface area contributed by atoms with Crippen molar-refractivity contribution in [3.8, 4) is 11.5 Å². The van der Waals surface area contributed by atoms with Gasteiger partial charge in [-0.25, -0.2) is 0 Å². The molecule has 0 atom stereocenters.